The Bertz CT molecular complexity index is 93.9. The van der Waals surface area contributed by atoms with Crippen molar-refractivity contribution in [2.45, 2.75) is 33.8 Å². The van der Waals surface area contributed by atoms with E-state index in [2.05, 4.69) is 27.7 Å². The van der Waals surface area contributed by atoms with Gasteiger partial charge < -0.3 is 4.74 Å². The molecule has 0 aromatic heterocycles. The summed E-state index contributed by atoms with van der Waals surface area (Å²) in [5.41, 5.74) is 0. The second kappa shape index (κ2) is 9.34. The minimum atomic E-state index is 0.250. The summed E-state index contributed by atoms with van der Waals surface area (Å²) >= 11 is 0. The minimum absolute atomic E-state index is 0.250. The van der Waals surface area contributed by atoms with Crippen LogP contribution in [0.1, 0.15) is 27.7 Å². The van der Waals surface area contributed by atoms with Crippen molar-refractivity contribution in [2.75, 3.05) is 6.61 Å². The molecule has 0 atom stereocenters. The number of carbonyl (C=O) groups excluding carboxylic acids is 2. The van der Waals surface area contributed by atoms with Crippen molar-refractivity contribution in [1.82, 2.24) is 0 Å². The van der Waals surface area contributed by atoms with Crippen LogP contribution in [0.15, 0.2) is 0 Å². The fourth-order valence-corrected chi connectivity index (χ4v) is 0.385. The first-order chi connectivity index (χ1) is 5.04. The van der Waals surface area contributed by atoms with Crippen molar-refractivity contribution < 1.29 is 14.3 Å². The number of hydrogen-bond donors (Lipinski definition) is 0. The second-order valence-electron chi connectivity index (χ2n) is 2.86. The summed E-state index contributed by atoms with van der Waals surface area (Å²) < 4.78 is 5.30. The molecule has 0 saturated carbocycles. The lowest BCUT2D eigenvalue weighted by atomic mass is 10.2. The van der Waals surface area contributed by atoms with Crippen LogP contribution < -0.4 is 0 Å². The normalized spacial score (nSPS) is 8.91. The lowest BCUT2D eigenvalue weighted by Crippen LogP contribution is -2.08. The number of ether oxygens (including phenoxy) is 1. The van der Waals surface area contributed by atoms with Gasteiger partial charge in [-0.1, -0.05) is 13.8 Å². The molecule has 0 amide bonds. The highest BCUT2D eigenvalue weighted by atomic mass is 16.5. The van der Waals surface area contributed by atoms with Crippen LogP contribution in [0.2, 0.25) is 0 Å². The van der Waals surface area contributed by atoms with E-state index in [0.29, 0.717) is 12.0 Å². The van der Waals surface area contributed by atoms with Crippen molar-refractivity contribution in [2.24, 2.45) is 5.92 Å². The van der Waals surface area contributed by atoms with E-state index in [9.17, 15) is 0 Å². The highest BCUT2D eigenvalue weighted by Crippen LogP contribution is 1.95. The van der Waals surface area contributed by atoms with E-state index in [1.807, 2.05) is 0 Å². The fraction of sp³-hybridized carbons (Fsp3) is 0.875. The van der Waals surface area contributed by atoms with E-state index in [4.69, 9.17) is 14.3 Å². The molecule has 0 saturated heterocycles. The van der Waals surface area contributed by atoms with Crippen LogP contribution in [-0.2, 0) is 14.3 Å². The molecule has 0 aromatic carbocycles. The molecule has 0 aliphatic heterocycles. The van der Waals surface area contributed by atoms with Crippen molar-refractivity contribution in [3.63, 3.8) is 0 Å². The number of hydrogen-bond acceptors (Lipinski definition) is 3. The highest BCUT2D eigenvalue weighted by molar-refractivity contribution is 5.20. The van der Waals surface area contributed by atoms with E-state index >= 15 is 0 Å². The maximum absolute atomic E-state index is 8.12. The largest absolute Gasteiger partial charge is 0.379 e. The van der Waals surface area contributed by atoms with Gasteiger partial charge in [0.2, 0.25) is 0 Å². The Labute approximate surface area is 67.7 Å². The lowest BCUT2D eigenvalue weighted by Gasteiger charge is -2.08. The van der Waals surface area contributed by atoms with Crippen LogP contribution in [0.5, 0.6) is 0 Å². The van der Waals surface area contributed by atoms with Gasteiger partial charge in [0.05, 0.1) is 6.10 Å². The van der Waals surface area contributed by atoms with E-state index in [1.54, 1.807) is 0 Å². The van der Waals surface area contributed by atoms with Crippen molar-refractivity contribution >= 4 is 6.15 Å². The van der Waals surface area contributed by atoms with Gasteiger partial charge in [-0.25, -0.2) is 0 Å². The van der Waals surface area contributed by atoms with E-state index < -0.39 is 0 Å². The van der Waals surface area contributed by atoms with Gasteiger partial charge in [0.15, 0.2) is 0 Å². The molecule has 3 heteroatoms. The van der Waals surface area contributed by atoms with E-state index in [-0.39, 0.29) is 6.15 Å². The van der Waals surface area contributed by atoms with Crippen LogP contribution in [-0.4, -0.2) is 18.9 Å². The summed E-state index contributed by atoms with van der Waals surface area (Å²) in [6.45, 7) is 9.31. The Morgan fingerprint density at radius 3 is 1.64 bits per heavy atom. The Morgan fingerprint density at radius 2 is 1.55 bits per heavy atom. The van der Waals surface area contributed by atoms with E-state index in [0.717, 1.165) is 6.61 Å². The first-order valence-electron chi connectivity index (χ1n) is 3.65. The Morgan fingerprint density at radius 1 is 1.18 bits per heavy atom. The smallest absolute Gasteiger partial charge is 0.373 e. The van der Waals surface area contributed by atoms with Crippen molar-refractivity contribution in [3.8, 4) is 0 Å². The van der Waals surface area contributed by atoms with Crippen molar-refractivity contribution in [3.05, 3.63) is 0 Å². The maximum Gasteiger partial charge on any atom is 0.373 e. The molecule has 3 nitrogen and oxygen atoms in total. The Balaban J connectivity index is 0. The first kappa shape index (κ1) is 13.0. The summed E-state index contributed by atoms with van der Waals surface area (Å²) in [7, 11) is 0. The second-order valence-corrected chi connectivity index (χ2v) is 2.86. The molecule has 0 spiro atoms. The summed E-state index contributed by atoms with van der Waals surface area (Å²) in [4.78, 5) is 16.2. The van der Waals surface area contributed by atoms with Gasteiger partial charge in [0.1, 0.15) is 0 Å². The van der Waals surface area contributed by atoms with Gasteiger partial charge in [-0.2, -0.15) is 9.59 Å². The third kappa shape index (κ3) is 26.7. The fourth-order valence-electron chi connectivity index (χ4n) is 0.385. The van der Waals surface area contributed by atoms with E-state index in [1.165, 1.54) is 0 Å². The quantitative estimate of drug-likeness (QED) is 0.628. The molecule has 0 bridgehead atoms. The van der Waals surface area contributed by atoms with Crippen LogP contribution in [0, 0.1) is 5.92 Å². The average molecular weight is 160 g/mol. The summed E-state index contributed by atoms with van der Waals surface area (Å²) in [5.74, 6) is 0.664. The lowest BCUT2D eigenvalue weighted by molar-refractivity contribution is -0.191. The molecule has 0 aromatic rings. The monoisotopic (exact) mass is 160 g/mol. The van der Waals surface area contributed by atoms with Gasteiger partial charge in [0.25, 0.3) is 0 Å². The Kier molecular flexibility index (Phi) is 11.0. The van der Waals surface area contributed by atoms with Gasteiger partial charge in [-0.05, 0) is 19.8 Å². The molecule has 0 rings (SSSR count). The number of rotatable bonds is 3. The minimum Gasteiger partial charge on any atom is -0.379 e. The molecule has 0 radical (unpaired) electrons. The van der Waals surface area contributed by atoms with Gasteiger partial charge in [-0.3, -0.25) is 0 Å². The topological polar surface area (TPSA) is 43.4 Å². The van der Waals surface area contributed by atoms with Crippen molar-refractivity contribution in [1.29, 1.82) is 0 Å². The van der Waals surface area contributed by atoms with Gasteiger partial charge >= 0.3 is 6.15 Å². The third-order valence-electron chi connectivity index (χ3n) is 0.763. The van der Waals surface area contributed by atoms with Crippen LogP contribution in [0.3, 0.4) is 0 Å². The zero-order valence-corrected chi connectivity index (χ0v) is 7.59. The highest BCUT2D eigenvalue weighted by Gasteiger charge is 1.94. The molecule has 0 fully saturated rings. The zero-order chi connectivity index (χ0) is 9.28. The van der Waals surface area contributed by atoms with Gasteiger partial charge in [0, 0.05) is 6.61 Å². The molecule has 66 valence electrons. The zero-order valence-electron chi connectivity index (χ0n) is 7.59. The van der Waals surface area contributed by atoms with Gasteiger partial charge in [-0.15, -0.1) is 0 Å². The average Bonchev–Trinajstić information content (AvgIpc) is 1.85. The standard InChI is InChI=1S/C7H16O.CO2/c1-6(2)5-8-7(3)4;2-1-3/h6-7H,5H2,1-4H3;. The molecule has 0 aliphatic rings. The molecule has 0 unspecified atom stereocenters. The van der Waals surface area contributed by atoms with Crippen LogP contribution >= 0.6 is 0 Å². The van der Waals surface area contributed by atoms with Crippen LogP contribution in [0.4, 0.5) is 0 Å². The molecule has 11 heavy (non-hydrogen) atoms. The summed E-state index contributed by atoms with van der Waals surface area (Å²) in [6.07, 6.45) is 0.636. The maximum atomic E-state index is 8.12. The molecule has 0 N–H and O–H groups in total. The van der Waals surface area contributed by atoms with Crippen LogP contribution in [0.25, 0.3) is 0 Å². The molecular formula is C8H16O3. The summed E-state index contributed by atoms with van der Waals surface area (Å²) in [5, 5.41) is 0. The summed E-state index contributed by atoms with van der Waals surface area (Å²) in [6, 6.07) is 0. The predicted octanol–water partition coefficient (Wildman–Crippen LogP) is 1.48. The molecular weight excluding hydrogens is 144 g/mol. The predicted molar refractivity (Wildman–Crippen MR) is 40.9 cm³/mol. The SMILES string of the molecule is CC(C)COC(C)C.O=C=O. The molecule has 0 aliphatic carbocycles. The Hall–Kier alpha value is -0.660. The first-order valence-corrected chi connectivity index (χ1v) is 3.65. The molecule has 0 heterocycles. The third-order valence-corrected chi connectivity index (χ3v) is 0.763.